The van der Waals surface area contributed by atoms with Gasteiger partial charge in [-0.25, -0.2) is 4.98 Å². The van der Waals surface area contributed by atoms with Crippen LogP contribution in [0.4, 0.5) is 0 Å². The summed E-state index contributed by atoms with van der Waals surface area (Å²) in [6.07, 6.45) is 5.71. The van der Waals surface area contributed by atoms with Crippen LogP contribution in [0, 0.1) is 0 Å². The molecule has 2 atom stereocenters. The van der Waals surface area contributed by atoms with Gasteiger partial charge in [-0.2, -0.15) is 0 Å². The summed E-state index contributed by atoms with van der Waals surface area (Å²) < 4.78 is 1.75. The number of benzene rings is 2. The summed E-state index contributed by atoms with van der Waals surface area (Å²) in [6, 6.07) is 22.1. The molecule has 4 aromatic rings. The quantitative estimate of drug-likeness (QED) is 0.232. The fraction of sp³-hybridized carbons (Fsp3) is 0.214. The second-order valence-corrected chi connectivity index (χ2v) is 9.53. The molecule has 0 radical (unpaired) electrons. The highest BCUT2D eigenvalue weighted by atomic mass is 16.7. The normalized spacial score (nSPS) is 17.2. The standard InChI is InChI=1S/C28H28BN5O5/c35-26(23-12-7-14-34-15-13-30-25(23)34)31-19-22-18-28(39-33-22,17-21-10-5-2-6-11-21)27(36)32-24(29(37)38)16-20-8-3-1-4-9-20/h1-15,24,37-38H,16-19H2,(H,31,35)(H,32,36)/t24-,28?/m0/s1. The molecule has 39 heavy (non-hydrogen) atoms. The Bertz CT molecular complexity index is 1480. The van der Waals surface area contributed by atoms with Crippen molar-refractivity contribution >= 4 is 30.3 Å². The number of nitrogens with one attached hydrogen (secondary N) is 2. The van der Waals surface area contributed by atoms with E-state index in [4.69, 9.17) is 4.84 Å². The molecule has 5 rings (SSSR count). The van der Waals surface area contributed by atoms with E-state index in [1.165, 1.54) is 0 Å². The van der Waals surface area contributed by atoms with Crippen LogP contribution in [-0.4, -0.2) is 62.2 Å². The lowest BCUT2D eigenvalue weighted by molar-refractivity contribution is -0.144. The third-order valence-corrected chi connectivity index (χ3v) is 6.68. The number of nitrogens with zero attached hydrogens (tertiary/aromatic N) is 3. The van der Waals surface area contributed by atoms with Crippen LogP contribution < -0.4 is 10.6 Å². The van der Waals surface area contributed by atoms with E-state index in [-0.39, 0.29) is 31.7 Å². The summed E-state index contributed by atoms with van der Waals surface area (Å²) in [5.74, 6) is -1.81. The highest BCUT2D eigenvalue weighted by Crippen LogP contribution is 2.29. The molecule has 10 nitrogen and oxygen atoms in total. The maximum atomic E-state index is 13.7. The smallest absolute Gasteiger partial charge is 0.426 e. The summed E-state index contributed by atoms with van der Waals surface area (Å²) in [5, 5.41) is 29.8. The fourth-order valence-electron chi connectivity index (χ4n) is 4.67. The van der Waals surface area contributed by atoms with Gasteiger partial charge in [-0.05, 0) is 29.7 Å². The first-order chi connectivity index (χ1) is 18.9. The van der Waals surface area contributed by atoms with Crippen molar-refractivity contribution in [1.82, 2.24) is 20.0 Å². The molecule has 198 valence electrons. The Kier molecular flexibility index (Phi) is 7.71. The number of pyridine rings is 1. The summed E-state index contributed by atoms with van der Waals surface area (Å²) >= 11 is 0. The van der Waals surface area contributed by atoms with Crippen molar-refractivity contribution in [2.45, 2.75) is 30.8 Å². The van der Waals surface area contributed by atoms with Gasteiger partial charge in [0.05, 0.1) is 23.8 Å². The average molecular weight is 525 g/mol. The van der Waals surface area contributed by atoms with Gasteiger partial charge in [-0.15, -0.1) is 0 Å². The van der Waals surface area contributed by atoms with Gasteiger partial charge in [0.25, 0.3) is 11.8 Å². The maximum Gasteiger partial charge on any atom is 0.475 e. The van der Waals surface area contributed by atoms with Crippen molar-refractivity contribution in [3.8, 4) is 0 Å². The molecule has 0 bridgehead atoms. The number of imidazole rings is 1. The summed E-state index contributed by atoms with van der Waals surface area (Å²) in [6.45, 7) is 0.0699. The van der Waals surface area contributed by atoms with Crippen LogP contribution >= 0.6 is 0 Å². The topological polar surface area (TPSA) is 138 Å². The number of hydrogen-bond acceptors (Lipinski definition) is 7. The molecule has 2 aromatic carbocycles. The van der Waals surface area contributed by atoms with E-state index in [0.717, 1.165) is 11.1 Å². The van der Waals surface area contributed by atoms with Crippen molar-refractivity contribution in [2.75, 3.05) is 6.54 Å². The molecule has 2 aromatic heterocycles. The SMILES string of the molecule is O=C(NCC1=NOC(Cc2ccccc2)(C(=O)N[C@@H](Cc2ccccc2)B(O)O)C1)c1cccn2ccnc12. The van der Waals surface area contributed by atoms with E-state index in [9.17, 15) is 19.6 Å². The highest BCUT2D eigenvalue weighted by Gasteiger charge is 2.48. The number of amides is 2. The summed E-state index contributed by atoms with van der Waals surface area (Å²) in [5.41, 5.74) is 1.69. The number of oxime groups is 1. The van der Waals surface area contributed by atoms with Gasteiger partial charge >= 0.3 is 7.12 Å². The van der Waals surface area contributed by atoms with Crippen LogP contribution in [0.2, 0.25) is 0 Å². The first-order valence-corrected chi connectivity index (χ1v) is 12.6. The number of fused-ring (bicyclic) bond motifs is 1. The zero-order valence-corrected chi connectivity index (χ0v) is 21.1. The van der Waals surface area contributed by atoms with Crippen molar-refractivity contribution in [3.63, 3.8) is 0 Å². The molecule has 0 saturated heterocycles. The summed E-state index contributed by atoms with van der Waals surface area (Å²) in [7, 11) is -1.78. The third kappa shape index (κ3) is 6.00. The monoisotopic (exact) mass is 525 g/mol. The predicted molar refractivity (Wildman–Crippen MR) is 146 cm³/mol. The van der Waals surface area contributed by atoms with E-state index < -0.39 is 24.6 Å². The third-order valence-electron chi connectivity index (χ3n) is 6.68. The number of carbonyl (C=O) groups excluding carboxylic acids is 2. The van der Waals surface area contributed by atoms with E-state index in [0.29, 0.717) is 16.9 Å². The van der Waals surface area contributed by atoms with Crippen LogP contribution in [0.15, 0.2) is 96.5 Å². The zero-order chi connectivity index (χ0) is 27.2. The van der Waals surface area contributed by atoms with Crippen LogP contribution in [-0.2, 0) is 22.5 Å². The fourth-order valence-corrected chi connectivity index (χ4v) is 4.67. The number of hydrogen-bond donors (Lipinski definition) is 4. The predicted octanol–water partition coefficient (Wildman–Crippen LogP) is 1.56. The number of rotatable bonds is 10. The van der Waals surface area contributed by atoms with Gasteiger partial charge in [0.15, 0.2) is 0 Å². The van der Waals surface area contributed by atoms with Crippen LogP contribution in [0.1, 0.15) is 27.9 Å². The minimum Gasteiger partial charge on any atom is -0.426 e. The van der Waals surface area contributed by atoms with Crippen molar-refractivity contribution in [1.29, 1.82) is 0 Å². The molecule has 2 amide bonds. The van der Waals surface area contributed by atoms with Crippen molar-refractivity contribution < 1.29 is 24.5 Å². The minimum atomic E-state index is -1.78. The van der Waals surface area contributed by atoms with Crippen LogP contribution in [0.25, 0.3) is 5.65 Å². The largest absolute Gasteiger partial charge is 0.475 e. The minimum absolute atomic E-state index is 0.0699. The van der Waals surface area contributed by atoms with E-state index in [2.05, 4.69) is 20.8 Å². The van der Waals surface area contributed by atoms with Crippen LogP contribution in [0.5, 0.6) is 0 Å². The zero-order valence-electron chi connectivity index (χ0n) is 21.1. The Morgan fingerprint density at radius 2 is 1.72 bits per heavy atom. The van der Waals surface area contributed by atoms with E-state index in [1.807, 2.05) is 60.7 Å². The van der Waals surface area contributed by atoms with Crippen LogP contribution in [0.3, 0.4) is 0 Å². The maximum absolute atomic E-state index is 13.7. The Hall–Kier alpha value is -4.48. The van der Waals surface area contributed by atoms with Gasteiger partial charge in [0.2, 0.25) is 5.60 Å². The Balaban J connectivity index is 1.30. The molecular weight excluding hydrogens is 497 g/mol. The molecule has 0 saturated carbocycles. The van der Waals surface area contributed by atoms with Gasteiger partial charge in [-0.1, -0.05) is 65.8 Å². The van der Waals surface area contributed by atoms with E-state index >= 15 is 0 Å². The Morgan fingerprint density at radius 1 is 1.00 bits per heavy atom. The average Bonchev–Trinajstić information content (AvgIpc) is 3.60. The lowest BCUT2D eigenvalue weighted by Gasteiger charge is -2.28. The molecule has 1 unspecified atom stereocenters. The lowest BCUT2D eigenvalue weighted by atomic mass is 9.75. The first kappa shape index (κ1) is 26.1. The molecule has 0 aliphatic carbocycles. The molecule has 4 N–H and O–H groups in total. The van der Waals surface area contributed by atoms with Gasteiger partial charge in [0, 0.05) is 31.4 Å². The van der Waals surface area contributed by atoms with Gasteiger partial charge in [0.1, 0.15) is 5.65 Å². The molecular formula is C28H28BN5O5. The highest BCUT2D eigenvalue weighted by molar-refractivity contribution is 6.43. The van der Waals surface area contributed by atoms with Gasteiger partial charge < -0.3 is 29.9 Å². The van der Waals surface area contributed by atoms with E-state index in [1.54, 1.807) is 35.1 Å². The molecule has 3 heterocycles. The Morgan fingerprint density at radius 3 is 2.44 bits per heavy atom. The lowest BCUT2D eigenvalue weighted by Crippen LogP contribution is -2.56. The van der Waals surface area contributed by atoms with Gasteiger partial charge in [-0.3, -0.25) is 9.59 Å². The number of aromatic nitrogens is 2. The Labute approximate surface area is 225 Å². The first-order valence-electron chi connectivity index (χ1n) is 12.6. The second-order valence-electron chi connectivity index (χ2n) is 9.53. The molecule has 1 aliphatic heterocycles. The second kappa shape index (κ2) is 11.5. The molecule has 11 heteroatoms. The van der Waals surface area contributed by atoms with Crippen molar-refractivity contribution in [3.05, 3.63) is 108 Å². The van der Waals surface area contributed by atoms with Crippen molar-refractivity contribution in [2.24, 2.45) is 5.16 Å². The molecule has 0 fully saturated rings. The molecule has 0 spiro atoms. The number of carbonyl (C=O) groups is 2. The summed E-state index contributed by atoms with van der Waals surface area (Å²) in [4.78, 5) is 36.6. The molecule has 1 aliphatic rings.